The van der Waals surface area contributed by atoms with Crippen LogP contribution in [0.4, 0.5) is 0 Å². The van der Waals surface area contributed by atoms with Gasteiger partial charge in [-0.3, -0.25) is 0 Å². The van der Waals surface area contributed by atoms with Gasteiger partial charge in [-0.05, 0) is 0 Å². The molecule has 37 valence electrons. The summed E-state index contributed by atoms with van der Waals surface area (Å²) in [4.78, 5) is 8.36. The molecule has 0 heterocycles. The predicted molar refractivity (Wildman–Crippen MR) is 18.1 cm³/mol. The molecule has 5 nitrogen and oxygen atoms in total. The first-order chi connectivity index (χ1) is 1.73. The molecular weight excluding hydrogens is 287 g/mol. The summed E-state index contributed by atoms with van der Waals surface area (Å²) in [7, 11) is 0. The maximum atomic E-state index is 8.36. The smallest absolute Gasteiger partial charge is 0.291 e. The number of hydrogen-bond acceptors (Lipinski definition) is 2. The zero-order valence-corrected chi connectivity index (χ0v) is 6.14. The minimum absolute atomic E-state index is 0. The first-order valence-corrected chi connectivity index (χ1v) is 0.565. The van der Waals surface area contributed by atoms with Crippen LogP contribution in [0.2, 0.25) is 0 Å². The Morgan fingerprint density at radius 1 is 1.67 bits per heavy atom. The molecule has 0 atom stereocenters. The fourth-order valence-corrected chi connectivity index (χ4v) is 0. The van der Waals surface area contributed by atoms with Gasteiger partial charge in [-0.1, -0.05) is 0 Å². The molecule has 0 aliphatic carbocycles. The molecule has 0 rings (SSSR count). The molecule has 0 saturated carbocycles. The minimum atomic E-state index is -1.50. The van der Waals surface area contributed by atoms with Crippen LogP contribution >= 0.6 is 0 Å². The topological polar surface area (TPSA) is 94.9 Å². The van der Waals surface area contributed by atoms with Crippen LogP contribution in [-0.2, 0) is 0 Å². The van der Waals surface area contributed by atoms with Gasteiger partial charge >= 0.3 is 0 Å². The summed E-state index contributed by atoms with van der Waals surface area (Å²) in [6.45, 7) is 0. The Balaban J connectivity index is -0.0000000450. The molecular formula is H3BiNO4. The number of rotatable bonds is 0. The van der Waals surface area contributed by atoms with Crippen molar-refractivity contribution in [2.75, 3.05) is 0 Å². The van der Waals surface area contributed by atoms with Crippen molar-refractivity contribution in [1.82, 2.24) is 0 Å². The van der Waals surface area contributed by atoms with Gasteiger partial charge in [-0.15, -0.1) is 10.1 Å². The molecule has 6 heteroatoms. The maximum Gasteiger partial charge on any atom is 0.291 e. The molecule has 0 saturated heterocycles. The summed E-state index contributed by atoms with van der Waals surface area (Å²) >= 11 is 0. The third kappa shape index (κ3) is 20100. The molecule has 0 bridgehead atoms. The van der Waals surface area contributed by atoms with Crippen molar-refractivity contribution in [3.63, 3.8) is 0 Å². The molecule has 0 spiro atoms. The van der Waals surface area contributed by atoms with Gasteiger partial charge in [0.1, 0.15) is 0 Å². The zero-order chi connectivity index (χ0) is 3.58. The fraction of sp³-hybridized carbons (Fsp3) is 0. The first kappa shape index (κ1) is 16.6. The summed E-state index contributed by atoms with van der Waals surface area (Å²) < 4.78 is 0. The van der Waals surface area contributed by atoms with E-state index < -0.39 is 5.09 Å². The molecule has 0 aromatic rings. The third-order valence-electron chi connectivity index (χ3n) is 0. The predicted octanol–water partition coefficient (Wildman–Crippen LogP) is -1.55. The van der Waals surface area contributed by atoms with Gasteiger partial charge in [0, 0.05) is 26.2 Å². The molecule has 0 aliphatic heterocycles. The van der Waals surface area contributed by atoms with E-state index in [-0.39, 0.29) is 31.7 Å². The Kier molecular flexibility index (Phi) is 24.6. The quantitative estimate of drug-likeness (QED) is 0.332. The molecule has 0 unspecified atom stereocenters. The van der Waals surface area contributed by atoms with E-state index in [4.69, 9.17) is 15.3 Å². The van der Waals surface area contributed by atoms with E-state index in [9.17, 15) is 0 Å². The summed E-state index contributed by atoms with van der Waals surface area (Å²) in [5.41, 5.74) is 0. The molecule has 0 aliphatic rings. The molecule has 3 N–H and O–H groups in total. The van der Waals surface area contributed by atoms with E-state index >= 15 is 0 Å². The molecule has 0 amide bonds. The van der Waals surface area contributed by atoms with E-state index in [2.05, 4.69) is 0 Å². The largest absolute Gasteiger partial charge is 0.412 e. The van der Waals surface area contributed by atoms with Crippen LogP contribution < -0.4 is 0 Å². The number of hydrogen-bond donors (Lipinski definition) is 1. The third-order valence-corrected chi connectivity index (χ3v) is 0. The summed E-state index contributed by atoms with van der Waals surface area (Å²) in [6, 6.07) is 0. The Hall–Kier alpha value is 0.0431. The minimum Gasteiger partial charge on any atom is -0.412 e. The van der Waals surface area contributed by atoms with Crippen LogP contribution in [0.5, 0.6) is 0 Å². The van der Waals surface area contributed by atoms with E-state index in [1.165, 1.54) is 0 Å². The summed E-state index contributed by atoms with van der Waals surface area (Å²) in [6.07, 6.45) is 0. The second-order valence-electron chi connectivity index (χ2n) is 0.238. The normalized spacial score (nSPS) is 4.00. The van der Waals surface area contributed by atoms with Gasteiger partial charge < -0.3 is 10.7 Å². The van der Waals surface area contributed by atoms with Crippen molar-refractivity contribution in [3.05, 3.63) is 10.1 Å². The van der Waals surface area contributed by atoms with Crippen LogP contribution in [0, 0.1) is 10.1 Å². The zero-order valence-electron chi connectivity index (χ0n) is 2.66. The van der Waals surface area contributed by atoms with Crippen molar-refractivity contribution >= 4 is 26.2 Å². The second kappa shape index (κ2) is 8.90. The average molecular weight is 290 g/mol. The van der Waals surface area contributed by atoms with E-state index in [0.29, 0.717) is 0 Å². The molecule has 0 aromatic heterocycles. The van der Waals surface area contributed by atoms with Gasteiger partial charge in [-0.2, -0.15) is 0 Å². The Bertz CT molecular complexity index is 30.5. The van der Waals surface area contributed by atoms with E-state index in [1.807, 2.05) is 0 Å². The van der Waals surface area contributed by atoms with Crippen molar-refractivity contribution in [2.45, 2.75) is 0 Å². The average Bonchev–Trinajstić information content (AvgIpc) is 0.811. The Morgan fingerprint density at radius 2 is 1.67 bits per heavy atom. The van der Waals surface area contributed by atoms with Gasteiger partial charge in [0.25, 0.3) is 5.09 Å². The van der Waals surface area contributed by atoms with Gasteiger partial charge in [0.05, 0.1) is 0 Å². The van der Waals surface area contributed by atoms with Crippen LogP contribution in [0.1, 0.15) is 0 Å². The Morgan fingerprint density at radius 3 is 1.67 bits per heavy atom. The Labute approximate surface area is 52.5 Å². The monoisotopic (exact) mass is 290 g/mol. The summed E-state index contributed by atoms with van der Waals surface area (Å²) in [5.74, 6) is 0. The number of nitrogens with zero attached hydrogens (tertiary/aromatic N) is 1. The van der Waals surface area contributed by atoms with Crippen LogP contribution in [0.25, 0.3) is 0 Å². The van der Waals surface area contributed by atoms with Crippen molar-refractivity contribution in [1.29, 1.82) is 0 Å². The van der Waals surface area contributed by atoms with Gasteiger partial charge in [0.2, 0.25) is 0 Å². The van der Waals surface area contributed by atoms with Crippen molar-refractivity contribution < 1.29 is 15.8 Å². The van der Waals surface area contributed by atoms with Crippen LogP contribution in [0.3, 0.4) is 0 Å². The van der Waals surface area contributed by atoms with Crippen molar-refractivity contribution in [3.8, 4) is 0 Å². The first-order valence-electron chi connectivity index (χ1n) is 0.565. The fourth-order valence-electron chi connectivity index (χ4n) is 0. The van der Waals surface area contributed by atoms with E-state index in [1.54, 1.807) is 0 Å². The van der Waals surface area contributed by atoms with Crippen LogP contribution in [-0.4, -0.2) is 42.0 Å². The molecule has 0 aromatic carbocycles. The molecule has 3 radical (unpaired) electrons. The molecule has 6 heavy (non-hydrogen) atoms. The standard InChI is InChI=1S/Bi.HNO3.H2O/c;2-1(3)4;/h;(H,2,3,4);1H2. The summed E-state index contributed by atoms with van der Waals surface area (Å²) in [5, 5.41) is 13.6. The van der Waals surface area contributed by atoms with Gasteiger partial charge in [0.15, 0.2) is 0 Å². The molecule has 0 fully saturated rings. The van der Waals surface area contributed by atoms with Crippen LogP contribution in [0.15, 0.2) is 0 Å². The SMILES string of the molecule is O.O=[N+]([O-])O.[Bi]. The second-order valence-corrected chi connectivity index (χ2v) is 0.238. The maximum absolute atomic E-state index is 8.36. The van der Waals surface area contributed by atoms with Crippen molar-refractivity contribution in [2.24, 2.45) is 0 Å². The van der Waals surface area contributed by atoms with Gasteiger partial charge in [-0.25, -0.2) is 0 Å². The van der Waals surface area contributed by atoms with E-state index in [0.717, 1.165) is 0 Å².